The minimum atomic E-state index is -1.34. The first-order valence-electron chi connectivity index (χ1n) is 9.00. The molecule has 0 saturated carbocycles. The number of ether oxygens (including phenoxy) is 1. The quantitative estimate of drug-likeness (QED) is 0.788. The number of nitrogens with zero attached hydrogens (tertiary/aromatic N) is 1. The molecule has 1 fully saturated rings. The number of nitrogens with one attached hydrogen (secondary N) is 1. The first kappa shape index (κ1) is 22.1. The summed E-state index contributed by atoms with van der Waals surface area (Å²) in [4.78, 5) is 25.7. The second kappa shape index (κ2) is 8.90. The molecule has 2 amide bonds. The highest BCUT2D eigenvalue weighted by molar-refractivity contribution is 6.30. The zero-order valence-electron chi connectivity index (χ0n) is 16.4. The molecule has 0 aromatic heterocycles. The van der Waals surface area contributed by atoms with Crippen LogP contribution in [-0.4, -0.2) is 47.8 Å². The van der Waals surface area contributed by atoms with E-state index in [1.165, 1.54) is 0 Å². The van der Waals surface area contributed by atoms with Crippen molar-refractivity contribution in [2.24, 2.45) is 0 Å². The number of alkyl halides is 1. The molecule has 0 spiro atoms. The van der Waals surface area contributed by atoms with E-state index < -0.39 is 35.6 Å². The average molecular weight is 415 g/mol. The van der Waals surface area contributed by atoms with Gasteiger partial charge >= 0.3 is 6.09 Å². The van der Waals surface area contributed by atoms with E-state index in [1.54, 1.807) is 52.0 Å². The van der Waals surface area contributed by atoms with Crippen molar-refractivity contribution in [3.63, 3.8) is 0 Å². The van der Waals surface area contributed by atoms with E-state index in [4.69, 9.17) is 16.3 Å². The summed E-state index contributed by atoms with van der Waals surface area (Å²) in [7, 11) is 0. The van der Waals surface area contributed by atoms with Crippen LogP contribution in [0.25, 0.3) is 5.57 Å². The van der Waals surface area contributed by atoms with Crippen molar-refractivity contribution in [2.75, 3.05) is 13.1 Å². The summed E-state index contributed by atoms with van der Waals surface area (Å²) in [6.45, 7) is 6.03. The van der Waals surface area contributed by atoms with Crippen LogP contribution < -0.4 is 5.32 Å². The highest BCUT2D eigenvalue weighted by Gasteiger charge is 2.41. The molecule has 1 aliphatic heterocycles. The maximum Gasteiger partial charge on any atom is 0.411 e. The van der Waals surface area contributed by atoms with Gasteiger partial charge in [0.25, 0.3) is 0 Å². The Morgan fingerprint density at radius 2 is 2.04 bits per heavy atom. The van der Waals surface area contributed by atoms with E-state index in [9.17, 15) is 18.4 Å². The average Bonchev–Trinajstić information content (AvgIpc) is 2.99. The largest absolute Gasteiger partial charge is 0.444 e. The second-order valence-electron chi connectivity index (χ2n) is 7.74. The normalized spacial score (nSPS) is 20.6. The molecule has 0 radical (unpaired) electrons. The van der Waals surface area contributed by atoms with Crippen molar-refractivity contribution in [3.05, 3.63) is 40.7 Å². The highest BCUT2D eigenvalue weighted by atomic mass is 35.5. The zero-order chi connectivity index (χ0) is 21.1. The minimum Gasteiger partial charge on any atom is -0.444 e. The number of halogens is 3. The van der Waals surface area contributed by atoms with E-state index in [0.717, 1.165) is 4.90 Å². The van der Waals surface area contributed by atoms with Gasteiger partial charge in [0.1, 0.15) is 23.6 Å². The van der Waals surface area contributed by atoms with Crippen LogP contribution in [0, 0.1) is 0 Å². The summed E-state index contributed by atoms with van der Waals surface area (Å²) in [5.74, 6) is -1.17. The topological polar surface area (TPSA) is 58.6 Å². The standard InChI is InChI=1S/C20H25ClF2N2O3/c1-12(13-6-5-7-14(21)8-13)16(23)10-24-18(26)17-9-15(22)11-25(17)19(27)28-20(2,3)4/h5-8,15,17H,9-11H2,1-4H3,(H,24,26)/b16-12+/t15-,17-/m1/s1. The van der Waals surface area contributed by atoms with Crippen LogP contribution in [0.15, 0.2) is 30.1 Å². The lowest BCUT2D eigenvalue weighted by Gasteiger charge is -2.27. The van der Waals surface area contributed by atoms with Crippen LogP contribution in [0.2, 0.25) is 5.02 Å². The predicted molar refractivity (Wildman–Crippen MR) is 104 cm³/mol. The van der Waals surface area contributed by atoms with Crippen molar-refractivity contribution in [1.82, 2.24) is 10.2 Å². The summed E-state index contributed by atoms with van der Waals surface area (Å²) in [6.07, 6.45) is -2.25. The molecule has 1 aromatic rings. The van der Waals surface area contributed by atoms with E-state index in [-0.39, 0.29) is 19.5 Å². The van der Waals surface area contributed by atoms with Crippen molar-refractivity contribution >= 4 is 29.2 Å². The third kappa shape index (κ3) is 5.92. The number of likely N-dealkylation sites (tertiary alicyclic amines) is 1. The van der Waals surface area contributed by atoms with Crippen molar-refractivity contribution in [1.29, 1.82) is 0 Å². The van der Waals surface area contributed by atoms with Gasteiger partial charge in [0.2, 0.25) is 5.91 Å². The number of benzene rings is 1. The van der Waals surface area contributed by atoms with Gasteiger partial charge in [-0.05, 0) is 51.0 Å². The first-order valence-corrected chi connectivity index (χ1v) is 9.38. The van der Waals surface area contributed by atoms with Crippen LogP contribution in [0.5, 0.6) is 0 Å². The van der Waals surface area contributed by atoms with Crippen molar-refractivity contribution < 1.29 is 23.1 Å². The second-order valence-corrected chi connectivity index (χ2v) is 8.18. The molecule has 5 nitrogen and oxygen atoms in total. The van der Waals surface area contributed by atoms with E-state index >= 15 is 0 Å². The van der Waals surface area contributed by atoms with E-state index in [1.807, 2.05) is 0 Å². The van der Waals surface area contributed by atoms with Crippen LogP contribution in [0.4, 0.5) is 13.6 Å². The first-order chi connectivity index (χ1) is 13.0. The Morgan fingerprint density at radius 3 is 2.64 bits per heavy atom. The van der Waals surface area contributed by atoms with Gasteiger partial charge < -0.3 is 10.1 Å². The molecular weight excluding hydrogens is 390 g/mol. The Hall–Kier alpha value is -2.15. The maximum atomic E-state index is 14.5. The molecule has 154 valence electrons. The fraction of sp³-hybridized carbons (Fsp3) is 0.500. The smallest absolute Gasteiger partial charge is 0.411 e. The van der Waals surface area contributed by atoms with Crippen molar-refractivity contribution in [3.8, 4) is 0 Å². The van der Waals surface area contributed by atoms with Crippen LogP contribution in [-0.2, 0) is 9.53 Å². The van der Waals surface area contributed by atoms with Gasteiger partial charge in [0.15, 0.2) is 0 Å². The summed E-state index contributed by atoms with van der Waals surface area (Å²) in [5, 5.41) is 2.91. The van der Waals surface area contributed by atoms with Crippen LogP contribution >= 0.6 is 11.6 Å². The van der Waals surface area contributed by atoms with E-state index in [0.29, 0.717) is 16.2 Å². The summed E-state index contributed by atoms with van der Waals surface area (Å²) >= 11 is 5.91. The number of allylic oxidation sites excluding steroid dienone is 1. The summed E-state index contributed by atoms with van der Waals surface area (Å²) < 4.78 is 33.5. The molecule has 2 rings (SSSR count). The number of carbonyl (C=O) groups excluding carboxylic acids is 2. The molecule has 1 aliphatic rings. The van der Waals surface area contributed by atoms with Gasteiger partial charge in [-0.1, -0.05) is 23.7 Å². The van der Waals surface area contributed by atoms with Crippen molar-refractivity contribution in [2.45, 2.75) is 51.9 Å². The van der Waals surface area contributed by atoms with Crippen LogP contribution in [0.3, 0.4) is 0 Å². The molecule has 2 atom stereocenters. The third-order valence-electron chi connectivity index (χ3n) is 4.26. The van der Waals surface area contributed by atoms with Gasteiger partial charge in [-0.15, -0.1) is 0 Å². The molecule has 8 heteroatoms. The maximum absolute atomic E-state index is 14.5. The summed E-state index contributed by atoms with van der Waals surface area (Å²) in [5.41, 5.74) is 0.163. The van der Waals surface area contributed by atoms with Crippen LogP contribution in [0.1, 0.15) is 39.7 Å². The Labute approximate surface area is 168 Å². The summed E-state index contributed by atoms with van der Waals surface area (Å²) in [6, 6.07) is 5.66. The Kier molecular flexibility index (Phi) is 7.04. The predicted octanol–water partition coefficient (Wildman–Crippen LogP) is 4.50. The number of hydrogen-bond donors (Lipinski definition) is 1. The van der Waals surface area contributed by atoms with Gasteiger partial charge in [-0.25, -0.2) is 13.6 Å². The Bertz CT molecular complexity index is 777. The number of rotatable bonds is 4. The number of hydrogen-bond acceptors (Lipinski definition) is 3. The molecule has 1 heterocycles. The van der Waals surface area contributed by atoms with Gasteiger partial charge in [0.05, 0.1) is 13.1 Å². The molecule has 1 saturated heterocycles. The number of amides is 2. The lowest BCUT2D eigenvalue weighted by atomic mass is 10.1. The number of carbonyl (C=O) groups is 2. The SMILES string of the molecule is C/C(=C(\F)CNC(=O)[C@H]1C[C@@H](F)CN1C(=O)OC(C)(C)C)c1cccc(Cl)c1. The fourth-order valence-corrected chi connectivity index (χ4v) is 3.04. The zero-order valence-corrected chi connectivity index (χ0v) is 17.1. The molecule has 0 unspecified atom stereocenters. The molecule has 28 heavy (non-hydrogen) atoms. The van der Waals surface area contributed by atoms with Gasteiger partial charge in [-0.2, -0.15) is 0 Å². The van der Waals surface area contributed by atoms with E-state index in [2.05, 4.69) is 5.32 Å². The third-order valence-corrected chi connectivity index (χ3v) is 4.50. The molecular formula is C20H25ClF2N2O3. The highest BCUT2D eigenvalue weighted by Crippen LogP contribution is 2.24. The monoisotopic (exact) mass is 414 g/mol. The van der Waals surface area contributed by atoms with Gasteiger partial charge in [0, 0.05) is 11.4 Å². The lowest BCUT2D eigenvalue weighted by molar-refractivity contribution is -0.125. The Morgan fingerprint density at radius 1 is 1.36 bits per heavy atom. The molecule has 1 N–H and O–H groups in total. The Balaban J connectivity index is 2.04. The van der Waals surface area contributed by atoms with Gasteiger partial charge in [-0.3, -0.25) is 9.69 Å². The molecule has 0 bridgehead atoms. The molecule has 0 aliphatic carbocycles. The fourth-order valence-electron chi connectivity index (χ4n) is 2.85. The minimum absolute atomic E-state index is 0.149. The lowest BCUT2D eigenvalue weighted by Crippen LogP contribution is -2.47. The molecule has 1 aromatic carbocycles.